The van der Waals surface area contributed by atoms with E-state index in [1.165, 1.54) is 141 Å². The van der Waals surface area contributed by atoms with Gasteiger partial charge in [0, 0.05) is 6.42 Å². The number of amides is 1. The third kappa shape index (κ3) is 46.9. The molecule has 2 fully saturated rings. The van der Waals surface area contributed by atoms with Gasteiger partial charge in [-0.1, -0.05) is 302 Å². The molecule has 0 radical (unpaired) electrons. The minimum absolute atomic E-state index is 0.258. The molecule has 14 nitrogen and oxygen atoms in total. The molecule has 2 aliphatic rings. The summed E-state index contributed by atoms with van der Waals surface area (Å²) in [5, 5.41) is 87.5. The van der Waals surface area contributed by atoms with Crippen LogP contribution in [-0.2, 0) is 23.7 Å². The molecule has 0 aromatic carbocycles. The summed E-state index contributed by atoms with van der Waals surface area (Å²) < 4.78 is 22.9. The van der Waals surface area contributed by atoms with E-state index in [1.54, 1.807) is 6.08 Å². The lowest BCUT2D eigenvalue weighted by Gasteiger charge is -2.46. The van der Waals surface area contributed by atoms with Crippen molar-refractivity contribution in [3.05, 3.63) is 134 Å². The van der Waals surface area contributed by atoms with Crippen LogP contribution in [0.3, 0.4) is 0 Å². The third-order valence-corrected chi connectivity index (χ3v) is 17.6. The van der Waals surface area contributed by atoms with Crippen LogP contribution < -0.4 is 5.32 Å². The van der Waals surface area contributed by atoms with E-state index in [9.17, 15) is 45.6 Å². The minimum Gasteiger partial charge on any atom is -0.394 e. The summed E-state index contributed by atoms with van der Waals surface area (Å²) in [7, 11) is 0. The Balaban J connectivity index is 1.67. The van der Waals surface area contributed by atoms with Gasteiger partial charge in [-0.15, -0.1) is 0 Å². The maximum atomic E-state index is 13.4. The first kappa shape index (κ1) is 87.2. The Morgan fingerprint density at radius 2 is 0.737 bits per heavy atom. The van der Waals surface area contributed by atoms with E-state index in [-0.39, 0.29) is 18.9 Å². The summed E-state index contributed by atoms with van der Waals surface area (Å²) in [6.45, 7) is 2.68. The van der Waals surface area contributed by atoms with Crippen molar-refractivity contribution in [3.8, 4) is 0 Å². The van der Waals surface area contributed by atoms with E-state index in [0.29, 0.717) is 12.8 Å². The summed E-state index contributed by atoms with van der Waals surface area (Å²) in [6, 6.07) is -0.946. The van der Waals surface area contributed by atoms with Gasteiger partial charge in [-0.3, -0.25) is 4.79 Å². The van der Waals surface area contributed by atoms with Gasteiger partial charge in [0.15, 0.2) is 12.6 Å². The monoisotopic (exact) mass is 1330 g/mol. The largest absolute Gasteiger partial charge is 0.394 e. The average molecular weight is 1330 g/mol. The highest BCUT2D eigenvalue weighted by atomic mass is 16.7. The molecule has 0 aromatic heterocycles. The molecule has 9 N–H and O–H groups in total. The van der Waals surface area contributed by atoms with Crippen molar-refractivity contribution in [1.29, 1.82) is 0 Å². The highest BCUT2D eigenvalue weighted by Gasteiger charge is 2.51. The summed E-state index contributed by atoms with van der Waals surface area (Å²) in [5.74, 6) is -0.259. The Morgan fingerprint density at radius 3 is 1.16 bits per heavy atom. The summed E-state index contributed by atoms with van der Waals surface area (Å²) >= 11 is 0. The molecule has 0 spiro atoms. The first-order valence-corrected chi connectivity index (χ1v) is 37.9. The Hall–Kier alpha value is -3.87. The van der Waals surface area contributed by atoms with Gasteiger partial charge in [-0.25, -0.2) is 0 Å². The Labute approximate surface area is 577 Å². The Morgan fingerprint density at radius 1 is 0.389 bits per heavy atom. The van der Waals surface area contributed by atoms with Crippen molar-refractivity contribution in [1.82, 2.24) is 5.32 Å². The third-order valence-electron chi connectivity index (χ3n) is 17.6. The smallest absolute Gasteiger partial charge is 0.220 e. The quantitative estimate of drug-likeness (QED) is 0.0204. The number of ether oxygens (including phenoxy) is 4. The van der Waals surface area contributed by atoms with E-state index < -0.39 is 86.8 Å². The van der Waals surface area contributed by atoms with Crippen molar-refractivity contribution in [2.24, 2.45) is 0 Å². The van der Waals surface area contributed by atoms with Crippen LogP contribution in [-0.4, -0.2) is 140 Å². The van der Waals surface area contributed by atoms with Gasteiger partial charge in [-0.2, -0.15) is 0 Å². The predicted octanol–water partition coefficient (Wildman–Crippen LogP) is 16.6. The SMILES string of the molecule is CC/C=C\C/C=C\C/C=C\C/C=C\C/C=C\C/C=C\C/C=C\C/C=C\C/C=C\CCCCCCCCCCCC(=O)NC(COC1OC(CO)C(OC2OC(CO)C(O)C(O)C2O)C(O)C1O)C(O)/C=C/CC/C=C/CCCCCCCCCCCCCCCCCCCC. The van der Waals surface area contributed by atoms with Crippen LogP contribution in [0, 0.1) is 0 Å². The van der Waals surface area contributed by atoms with Crippen molar-refractivity contribution >= 4 is 5.91 Å². The predicted molar refractivity (Wildman–Crippen MR) is 391 cm³/mol. The fourth-order valence-electron chi connectivity index (χ4n) is 11.6. The molecule has 544 valence electrons. The van der Waals surface area contributed by atoms with Gasteiger partial charge in [0.1, 0.15) is 48.8 Å². The lowest BCUT2D eigenvalue weighted by Crippen LogP contribution is -2.65. The topological polar surface area (TPSA) is 228 Å². The highest BCUT2D eigenvalue weighted by Crippen LogP contribution is 2.30. The number of unbranched alkanes of at least 4 members (excludes halogenated alkanes) is 28. The van der Waals surface area contributed by atoms with E-state index >= 15 is 0 Å². The molecule has 0 aliphatic carbocycles. The van der Waals surface area contributed by atoms with Crippen LogP contribution in [0.15, 0.2) is 134 Å². The Kier molecular flexibility index (Phi) is 58.4. The second-order valence-corrected chi connectivity index (χ2v) is 26.0. The number of aliphatic hydroxyl groups excluding tert-OH is 8. The number of rotatable bonds is 61. The molecule has 12 unspecified atom stereocenters. The molecule has 14 heteroatoms. The van der Waals surface area contributed by atoms with Crippen molar-refractivity contribution in [2.45, 2.75) is 351 Å². The molecule has 0 aromatic rings. The number of carbonyl (C=O) groups excluding carboxylic acids is 1. The van der Waals surface area contributed by atoms with E-state index in [2.05, 4.69) is 141 Å². The maximum absolute atomic E-state index is 13.4. The van der Waals surface area contributed by atoms with Crippen LogP contribution in [0.2, 0.25) is 0 Å². The zero-order chi connectivity index (χ0) is 68.7. The van der Waals surface area contributed by atoms with Gasteiger partial charge in [-0.05, 0) is 103 Å². The van der Waals surface area contributed by atoms with Gasteiger partial charge in [0.25, 0.3) is 0 Å². The standard InChI is InChI=1S/C81H137NO13/c1-3-5-7-9-11-13-15-17-19-21-23-25-27-29-30-31-32-33-34-35-36-37-38-39-40-41-43-45-47-49-51-53-55-57-59-61-63-65-73(86)82-69(68-92-80-78(91)76(89)79(72(67-84)94-80)95-81-77(90)75(88)74(87)71(66-83)93-81)70(85)64-62-60-58-56-54-52-50-48-46-44-42-28-26-24-22-20-18-16-14-12-10-8-6-4-2/h5,7,11,13,17,19,23,25,29-30,32-33,35-36,38-39,41,43,54,56,62,64,69-72,74-81,83-85,87-91H,3-4,6,8-10,12,14-16,18,20-22,24,26-28,31,34,37,40,42,44-53,55,57-61,63,65-68H2,1-2H3,(H,82,86)/b7-5-,13-11-,19-17-,25-23-,30-29-,33-32-,36-35-,39-38-,43-41-,56-54+,64-62+. The first-order chi connectivity index (χ1) is 46.6. The van der Waals surface area contributed by atoms with Crippen LogP contribution in [0.4, 0.5) is 0 Å². The number of aliphatic hydroxyl groups is 8. The zero-order valence-electron chi connectivity index (χ0n) is 59.4. The number of nitrogens with one attached hydrogen (secondary N) is 1. The number of hydrogen-bond donors (Lipinski definition) is 9. The molecule has 2 aliphatic heterocycles. The van der Waals surface area contributed by atoms with Gasteiger partial charge in [0.2, 0.25) is 5.91 Å². The minimum atomic E-state index is -1.80. The Bertz CT molecular complexity index is 2110. The second-order valence-electron chi connectivity index (χ2n) is 26.0. The molecule has 2 heterocycles. The van der Waals surface area contributed by atoms with E-state index in [0.717, 1.165) is 103 Å². The molecule has 12 atom stereocenters. The van der Waals surface area contributed by atoms with E-state index in [1.807, 2.05) is 6.08 Å². The fourth-order valence-corrected chi connectivity index (χ4v) is 11.6. The van der Waals surface area contributed by atoms with Crippen LogP contribution in [0.25, 0.3) is 0 Å². The average Bonchev–Trinajstić information content (AvgIpc) is 0.927. The van der Waals surface area contributed by atoms with Gasteiger partial charge in [0.05, 0.1) is 32.0 Å². The number of carbonyl (C=O) groups is 1. The second kappa shape index (κ2) is 63.6. The first-order valence-electron chi connectivity index (χ1n) is 37.9. The summed E-state index contributed by atoms with van der Waals surface area (Å²) in [6.07, 6.45) is 77.9. The van der Waals surface area contributed by atoms with Crippen molar-refractivity contribution in [2.75, 3.05) is 19.8 Å². The molecule has 2 rings (SSSR count). The molecular weight excluding hydrogens is 1190 g/mol. The van der Waals surface area contributed by atoms with Crippen LogP contribution >= 0.6 is 0 Å². The lowest BCUT2D eigenvalue weighted by molar-refractivity contribution is -0.359. The molecule has 2 saturated heterocycles. The van der Waals surface area contributed by atoms with Crippen molar-refractivity contribution in [3.63, 3.8) is 0 Å². The molecule has 1 amide bonds. The molecule has 95 heavy (non-hydrogen) atoms. The zero-order valence-corrected chi connectivity index (χ0v) is 59.4. The van der Waals surface area contributed by atoms with E-state index in [4.69, 9.17) is 18.9 Å². The number of allylic oxidation sites excluding steroid dienone is 21. The van der Waals surface area contributed by atoms with Gasteiger partial charge >= 0.3 is 0 Å². The fraction of sp³-hybridized carbons (Fsp3) is 0.716. The molecule has 0 bridgehead atoms. The molecular formula is C81H137NO13. The van der Waals surface area contributed by atoms with Crippen LogP contribution in [0.1, 0.15) is 277 Å². The highest BCUT2D eigenvalue weighted by molar-refractivity contribution is 5.76. The normalized spacial score (nSPS) is 23.1. The maximum Gasteiger partial charge on any atom is 0.220 e. The van der Waals surface area contributed by atoms with Crippen LogP contribution in [0.5, 0.6) is 0 Å². The summed E-state index contributed by atoms with van der Waals surface area (Å²) in [4.78, 5) is 13.4. The summed E-state index contributed by atoms with van der Waals surface area (Å²) in [5.41, 5.74) is 0. The molecule has 0 saturated carbocycles. The lowest BCUT2D eigenvalue weighted by atomic mass is 9.97. The van der Waals surface area contributed by atoms with Gasteiger partial charge < -0.3 is 65.1 Å². The number of hydrogen-bond acceptors (Lipinski definition) is 13. The van der Waals surface area contributed by atoms with Crippen molar-refractivity contribution < 1.29 is 64.6 Å².